The fraction of sp³-hybridized carbons (Fsp3) is 0.333. The summed E-state index contributed by atoms with van der Waals surface area (Å²) in [6.45, 7) is 4.20. The average molecular weight is 439 g/mol. The fourth-order valence-corrected chi connectivity index (χ4v) is 3.89. The van der Waals surface area contributed by atoms with Crippen LogP contribution in [0.5, 0.6) is 0 Å². The Morgan fingerprint density at radius 1 is 1.11 bits per heavy atom. The molecule has 2 amide bonds. The number of amides is 2. The van der Waals surface area contributed by atoms with Gasteiger partial charge in [0.1, 0.15) is 6.04 Å². The molecule has 0 spiro atoms. The Labute approximate surface area is 180 Å². The van der Waals surface area contributed by atoms with Gasteiger partial charge in [-0.25, -0.2) is 0 Å². The van der Waals surface area contributed by atoms with Crippen molar-refractivity contribution in [3.05, 3.63) is 63.6 Å². The van der Waals surface area contributed by atoms with Crippen LogP contribution in [0.15, 0.2) is 47.4 Å². The van der Waals surface area contributed by atoms with Gasteiger partial charge in [-0.1, -0.05) is 53.9 Å². The monoisotopic (exact) mass is 438 g/mol. The number of hydrogen-bond acceptors (Lipinski definition) is 3. The van der Waals surface area contributed by atoms with Crippen LogP contribution >= 0.6 is 35.0 Å². The smallest absolute Gasteiger partial charge is 0.242 e. The maximum Gasteiger partial charge on any atom is 0.242 e. The zero-order chi connectivity index (χ0) is 20.7. The van der Waals surface area contributed by atoms with E-state index in [1.165, 1.54) is 17.3 Å². The zero-order valence-electron chi connectivity index (χ0n) is 16.2. The first kappa shape index (κ1) is 22.6. The number of rotatable bonds is 8. The molecular weight excluding hydrogens is 415 g/mol. The molecule has 7 heteroatoms. The summed E-state index contributed by atoms with van der Waals surface area (Å²) in [5, 5.41) is 3.53. The summed E-state index contributed by atoms with van der Waals surface area (Å²) >= 11 is 13.6. The largest absolute Gasteiger partial charge is 0.357 e. The van der Waals surface area contributed by atoms with E-state index in [0.717, 1.165) is 10.5 Å². The molecule has 0 heterocycles. The molecule has 28 heavy (non-hydrogen) atoms. The van der Waals surface area contributed by atoms with Gasteiger partial charge in [0.2, 0.25) is 11.8 Å². The van der Waals surface area contributed by atoms with E-state index in [1.807, 2.05) is 44.2 Å². The third kappa shape index (κ3) is 6.16. The first-order valence-corrected chi connectivity index (χ1v) is 10.7. The van der Waals surface area contributed by atoms with Crippen LogP contribution in [0.3, 0.4) is 0 Å². The summed E-state index contributed by atoms with van der Waals surface area (Å²) < 4.78 is 0. The van der Waals surface area contributed by atoms with Crippen molar-refractivity contribution in [1.82, 2.24) is 10.2 Å². The molecule has 1 atom stereocenters. The Morgan fingerprint density at radius 2 is 1.79 bits per heavy atom. The summed E-state index contributed by atoms with van der Waals surface area (Å²) in [7, 11) is 1.58. The lowest BCUT2D eigenvalue weighted by atomic mass is 10.1. The van der Waals surface area contributed by atoms with Gasteiger partial charge in [0.05, 0.1) is 15.8 Å². The van der Waals surface area contributed by atoms with Crippen LogP contribution in [0.4, 0.5) is 0 Å². The zero-order valence-corrected chi connectivity index (χ0v) is 18.5. The maximum atomic E-state index is 13.0. The van der Waals surface area contributed by atoms with Crippen molar-refractivity contribution in [2.75, 3.05) is 12.8 Å². The topological polar surface area (TPSA) is 49.4 Å². The molecule has 2 rings (SSSR count). The van der Waals surface area contributed by atoms with Crippen LogP contribution in [0.2, 0.25) is 10.0 Å². The molecule has 0 fully saturated rings. The minimum absolute atomic E-state index is 0.105. The summed E-state index contributed by atoms with van der Waals surface area (Å²) in [6.07, 6.45) is 0.516. The molecule has 150 valence electrons. The highest BCUT2D eigenvalue weighted by atomic mass is 35.5. The normalized spacial score (nSPS) is 11.8. The lowest BCUT2D eigenvalue weighted by Crippen LogP contribution is -2.48. The van der Waals surface area contributed by atoms with Crippen LogP contribution in [-0.2, 0) is 16.1 Å². The number of halogens is 2. The molecule has 0 unspecified atom stereocenters. The highest BCUT2D eigenvalue weighted by Gasteiger charge is 2.28. The summed E-state index contributed by atoms with van der Waals surface area (Å²) in [5.41, 5.74) is 1.99. The van der Waals surface area contributed by atoms with Crippen LogP contribution in [-0.4, -0.2) is 35.6 Å². The Balaban J connectivity index is 2.20. The second-order valence-electron chi connectivity index (χ2n) is 6.41. The van der Waals surface area contributed by atoms with Crippen molar-refractivity contribution >= 4 is 46.8 Å². The molecule has 0 aliphatic carbocycles. The van der Waals surface area contributed by atoms with E-state index in [9.17, 15) is 9.59 Å². The van der Waals surface area contributed by atoms with E-state index < -0.39 is 6.04 Å². The van der Waals surface area contributed by atoms with Crippen molar-refractivity contribution < 1.29 is 9.59 Å². The number of thioether (sulfide) groups is 1. The first-order valence-electron chi connectivity index (χ1n) is 9.00. The number of likely N-dealkylation sites (N-methyl/N-ethyl adjacent to an activating group) is 1. The first-order chi connectivity index (χ1) is 13.3. The van der Waals surface area contributed by atoms with E-state index in [4.69, 9.17) is 23.2 Å². The number of nitrogens with zero attached hydrogens (tertiary/aromatic N) is 1. The predicted octanol–water partition coefficient (Wildman–Crippen LogP) is 4.95. The molecule has 4 nitrogen and oxygen atoms in total. The number of nitrogens with one attached hydrogen (secondary N) is 1. The third-order valence-corrected chi connectivity index (χ3v) is 6.09. The van der Waals surface area contributed by atoms with Gasteiger partial charge in [-0.05, 0) is 43.2 Å². The van der Waals surface area contributed by atoms with Gasteiger partial charge in [-0.3, -0.25) is 9.59 Å². The molecule has 0 radical (unpaired) electrons. The third-order valence-electron chi connectivity index (χ3n) is 4.35. The van der Waals surface area contributed by atoms with Crippen molar-refractivity contribution in [1.29, 1.82) is 0 Å². The van der Waals surface area contributed by atoms with E-state index >= 15 is 0 Å². The van der Waals surface area contributed by atoms with Gasteiger partial charge >= 0.3 is 0 Å². The van der Waals surface area contributed by atoms with Gasteiger partial charge in [-0.15, -0.1) is 11.8 Å². The molecule has 0 saturated heterocycles. The molecule has 0 aliphatic rings. The molecule has 0 bridgehead atoms. The van der Waals surface area contributed by atoms with Gasteiger partial charge in [0.25, 0.3) is 0 Å². The number of carbonyl (C=O) groups excluding carboxylic acids is 2. The summed E-state index contributed by atoms with van der Waals surface area (Å²) in [5.74, 6) is -0.0407. The summed E-state index contributed by atoms with van der Waals surface area (Å²) in [6, 6.07) is 12.7. The number of carbonyl (C=O) groups is 2. The second-order valence-corrected chi connectivity index (χ2v) is 8.27. The van der Waals surface area contributed by atoms with E-state index in [-0.39, 0.29) is 24.1 Å². The van der Waals surface area contributed by atoms with Crippen LogP contribution < -0.4 is 5.32 Å². The Kier molecular flexibility index (Phi) is 8.67. The fourth-order valence-electron chi connectivity index (χ4n) is 2.78. The minimum atomic E-state index is -0.550. The van der Waals surface area contributed by atoms with Crippen LogP contribution in [0.25, 0.3) is 0 Å². The molecule has 0 aliphatic heterocycles. The second kappa shape index (κ2) is 10.7. The number of benzene rings is 2. The molecule has 1 N–H and O–H groups in total. The standard InChI is InChI=1S/C21H24Cl2N2O2S/c1-4-19(21(27)24-3)25(12-15-7-10-17(22)18(23)11-15)20(26)13-28-16-8-5-14(2)6-9-16/h5-11,19H,4,12-13H2,1-3H3,(H,24,27)/t19-/m0/s1. The van der Waals surface area contributed by atoms with Crippen molar-refractivity contribution in [3.63, 3.8) is 0 Å². The highest BCUT2D eigenvalue weighted by molar-refractivity contribution is 8.00. The predicted molar refractivity (Wildman–Crippen MR) is 117 cm³/mol. The van der Waals surface area contributed by atoms with E-state index in [0.29, 0.717) is 16.5 Å². The lowest BCUT2D eigenvalue weighted by Gasteiger charge is -2.30. The molecule has 0 aromatic heterocycles. The minimum Gasteiger partial charge on any atom is -0.357 e. The molecule has 2 aromatic rings. The Bertz CT molecular complexity index is 828. The van der Waals surface area contributed by atoms with Gasteiger partial charge in [0, 0.05) is 18.5 Å². The lowest BCUT2D eigenvalue weighted by molar-refractivity contribution is -0.139. The maximum absolute atomic E-state index is 13.0. The van der Waals surface area contributed by atoms with E-state index in [2.05, 4.69) is 5.32 Å². The van der Waals surface area contributed by atoms with Gasteiger partial charge in [0.15, 0.2) is 0 Å². The van der Waals surface area contributed by atoms with Crippen LogP contribution in [0.1, 0.15) is 24.5 Å². The van der Waals surface area contributed by atoms with Crippen molar-refractivity contribution in [2.24, 2.45) is 0 Å². The quantitative estimate of drug-likeness (QED) is 0.593. The van der Waals surface area contributed by atoms with Crippen molar-refractivity contribution in [3.8, 4) is 0 Å². The van der Waals surface area contributed by atoms with Gasteiger partial charge < -0.3 is 10.2 Å². The number of aryl methyl sites for hydroxylation is 1. The summed E-state index contributed by atoms with van der Waals surface area (Å²) in [4.78, 5) is 28.0. The SMILES string of the molecule is CC[C@@H](C(=O)NC)N(Cc1ccc(Cl)c(Cl)c1)C(=O)CSc1ccc(C)cc1. The Hall–Kier alpha value is -1.69. The Morgan fingerprint density at radius 3 is 2.36 bits per heavy atom. The number of hydrogen-bond donors (Lipinski definition) is 1. The van der Waals surface area contributed by atoms with E-state index in [1.54, 1.807) is 24.1 Å². The van der Waals surface area contributed by atoms with Crippen LogP contribution in [0, 0.1) is 6.92 Å². The molecule has 0 saturated carbocycles. The van der Waals surface area contributed by atoms with Crippen molar-refractivity contribution in [2.45, 2.75) is 37.8 Å². The average Bonchev–Trinajstić information content (AvgIpc) is 2.69. The highest BCUT2D eigenvalue weighted by Crippen LogP contribution is 2.25. The van der Waals surface area contributed by atoms with Gasteiger partial charge in [-0.2, -0.15) is 0 Å². The molecular formula is C21H24Cl2N2O2S. The molecule has 2 aromatic carbocycles.